The average molecular weight is 359 g/mol. The molecule has 7 heteroatoms. The van der Waals surface area contributed by atoms with Crippen molar-refractivity contribution in [3.63, 3.8) is 0 Å². The van der Waals surface area contributed by atoms with Crippen LogP contribution in [-0.4, -0.2) is 26.0 Å². The summed E-state index contributed by atoms with van der Waals surface area (Å²) in [6, 6.07) is 3.54. The molecule has 0 fully saturated rings. The number of aromatic carboxylic acids is 1. The van der Waals surface area contributed by atoms with Gasteiger partial charge in [-0.25, -0.2) is 14.8 Å². The lowest BCUT2D eigenvalue weighted by molar-refractivity contribution is 0.0689. The minimum Gasteiger partial charge on any atom is -0.476 e. The molecule has 0 saturated carbocycles. The number of rotatable bonds is 2. The number of aromatic nitrogens is 3. The van der Waals surface area contributed by atoms with E-state index in [1.165, 1.54) is 6.20 Å². The molecule has 0 aliphatic heterocycles. The Hall–Kier alpha value is -1.34. The zero-order chi connectivity index (χ0) is 12.4. The summed E-state index contributed by atoms with van der Waals surface area (Å²) in [4.78, 5) is 23.0. The maximum atomic E-state index is 10.9. The quantitative estimate of drug-likeness (QED) is 0.893. The fraction of sp³-hybridized carbons (Fsp3) is 0. The molecule has 0 saturated heterocycles. The van der Waals surface area contributed by atoms with Crippen molar-refractivity contribution in [3.8, 4) is 11.5 Å². The van der Waals surface area contributed by atoms with Crippen LogP contribution in [0.1, 0.15) is 10.5 Å². The Balaban J connectivity index is 2.58. The summed E-state index contributed by atoms with van der Waals surface area (Å²) < 4.78 is 1.04. The number of carbonyl (C=O) groups is 1. The first-order valence-corrected chi connectivity index (χ1v) is 6.05. The number of carboxylic acids is 1. The molecule has 2 heterocycles. The highest BCUT2D eigenvalue weighted by atomic mass is 79.9. The number of hydrogen-bond acceptors (Lipinski definition) is 4. The van der Waals surface area contributed by atoms with Crippen LogP contribution in [0.25, 0.3) is 11.5 Å². The van der Waals surface area contributed by atoms with Gasteiger partial charge in [0.15, 0.2) is 11.5 Å². The van der Waals surface area contributed by atoms with Crippen molar-refractivity contribution in [2.24, 2.45) is 0 Å². The van der Waals surface area contributed by atoms with Crippen molar-refractivity contribution in [1.29, 1.82) is 0 Å². The number of carboxylic acid groups (broad SMARTS) is 1. The Bertz CT molecular complexity index is 590. The summed E-state index contributed by atoms with van der Waals surface area (Å²) in [6.07, 6.45) is 2.98. The maximum Gasteiger partial charge on any atom is 0.355 e. The molecule has 2 aromatic heterocycles. The van der Waals surface area contributed by atoms with Gasteiger partial charge < -0.3 is 5.11 Å². The van der Waals surface area contributed by atoms with Crippen LogP contribution in [0.15, 0.2) is 33.5 Å². The first kappa shape index (κ1) is 12.1. The second-order valence-electron chi connectivity index (χ2n) is 3.03. The highest BCUT2D eigenvalue weighted by molar-refractivity contribution is 9.10. The monoisotopic (exact) mass is 357 g/mol. The van der Waals surface area contributed by atoms with Crippen molar-refractivity contribution in [1.82, 2.24) is 15.0 Å². The topological polar surface area (TPSA) is 76.0 Å². The smallest absolute Gasteiger partial charge is 0.355 e. The van der Waals surface area contributed by atoms with Crippen LogP contribution in [0.4, 0.5) is 0 Å². The lowest BCUT2D eigenvalue weighted by Gasteiger charge is -2.03. The van der Waals surface area contributed by atoms with Gasteiger partial charge in [-0.15, -0.1) is 0 Å². The molecule has 5 nitrogen and oxygen atoms in total. The van der Waals surface area contributed by atoms with E-state index in [-0.39, 0.29) is 11.5 Å². The van der Waals surface area contributed by atoms with E-state index in [1.807, 2.05) is 0 Å². The SMILES string of the molecule is O=C(O)c1nc(-c2ncccc2Br)ncc1Br. The van der Waals surface area contributed by atoms with Gasteiger partial charge >= 0.3 is 5.97 Å². The van der Waals surface area contributed by atoms with Gasteiger partial charge in [-0.1, -0.05) is 0 Å². The highest BCUT2D eigenvalue weighted by Gasteiger charge is 2.15. The van der Waals surface area contributed by atoms with Crippen LogP contribution in [0.5, 0.6) is 0 Å². The second-order valence-corrected chi connectivity index (χ2v) is 4.74. The van der Waals surface area contributed by atoms with Gasteiger partial charge in [-0.2, -0.15) is 0 Å². The number of nitrogens with zero attached hydrogens (tertiary/aromatic N) is 3. The van der Waals surface area contributed by atoms with Gasteiger partial charge in [0.1, 0.15) is 5.69 Å². The molecule has 2 rings (SSSR count). The number of pyridine rings is 1. The fourth-order valence-corrected chi connectivity index (χ4v) is 1.97. The molecule has 0 radical (unpaired) electrons. The normalized spacial score (nSPS) is 10.2. The van der Waals surface area contributed by atoms with Gasteiger partial charge in [0, 0.05) is 16.9 Å². The first-order valence-electron chi connectivity index (χ1n) is 4.46. The van der Waals surface area contributed by atoms with E-state index in [2.05, 4.69) is 46.8 Å². The summed E-state index contributed by atoms with van der Waals surface area (Å²) >= 11 is 6.40. The van der Waals surface area contributed by atoms with Crippen molar-refractivity contribution in [3.05, 3.63) is 39.2 Å². The predicted molar refractivity (Wildman–Crippen MR) is 67.6 cm³/mol. The molecule has 0 aliphatic rings. The molecule has 0 amide bonds. The van der Waals surface area contributed by atoms with Crippen LogP contribution >= 0.6 is 31.9 Å². The van der Waals surface area contributed by atoms with Crippen LogP contribution in [0.3, 0.4) is 0 Å². The second kappa shape index (κ2) is 4.89. The molecule has 0 aromatic carbocycles. The van der Waals surface area contributed by atoms with Crippen LogP contribution in [-0.2, 0) is 0 Å². The molecule has 0 aliphatic carbocycles. The summed E-state index contributed by atoms with van der Waals surface area (Å²) in [6.45, 7) is 0. The van der Waals surface area contributed by atoms with Crippen LogP contribution in [0, 0.1) is 0 Å². The number of halogens is 2. The largest absolute Gasteiger partial charge is 0.476 e. The summed E-state index contributed by atoms with van der Waals surface area (Å²) in [5.41, 5.74) is 0.412. The third kappa shape index (κ3) is 2.50. The predicted octanol–water partition coefficient (Wildman–Crippen LogP) is 2.76. The molecule has 0 spiro atoms. The number of hydrogen-bond donors (Lipinski definition) is 1. The van der Waals surface area contributed by atoms with E-state index in [0.29, 0.717) is 14.6 Å². The molecule has 2 aromatic rings. The fourth-order valence-electron chi connectivity index (χ4n) is 1.18. The van der Waals surface area contributed by atoms with E-state index in [0.717, 1.165) is 0 Å². The lowest BCUT2D eigenvalue weighted by atomic mass is 10.3. The van der Waals surface area contributed by atoms with Crippen molar-refractivity contribution in [2.45, 2.75) is 0 Å². The van der Waals surface area contributed by atoms with Gasteiger partial charge in [0.2, 0.25) is 0 Å². The van der Waals surface area contributed by atoms with E-state index < -0.39 is 5.97 Å². The standard InChI is InChI=1S/C10H5Br2N3O2/c11-5-2-1-3-13-7(5)9-14-4-6(12)8(15-9)10(16)17/h1-4H,(H,16,17). The third-order valence-corrected chi connectivity index (χ3v) is 3.14. The van der Waals surface area contributed by atoms with Gasteiger partial charge in [-0.05, 0) is 44.0 Å². The Morgan fingerprint density at radius 1 is 1.24 bits per heavy atom. The van der Waals surface area contributed by atoms with Gasteiger partial charge in [-0.3, -0.25) is 4.98 Å². The van der Waals surface area contributed by atoms with Crippen molar-refractivity contribution in [2.75, 3.05) is 0 Å². The Labute approximate surface area is 113 Å². The molecule has 1 N–H and O–H groups in total. The average Bonchev–Trinajstić information content (AvgIpc) is 2.30. The maximum absolute atomic E-state index is 10.9. The Kier molecular flexibility index (Phi) is 3.49. The Morgan fingerprint density at radius 3 is 2.65 bits per heavy atom. The molecular weight excluding hydrogens is 354 g/mol. The van der Waals surface area contributed by atoms with E-state index in [9.17, 15) is 4.79 Å². The zero-order valence-electron chi connectivity index (χ0n) is 8.26. The molecule has 0 bridgehead atoms. The van der Waals surface area contributed by atoms with Crippen LogP contribution < -0.4 is 0 Å². The van der Waals surface area contributed by atoms with Crippen LogP contribution in [0.2, 0.25) is 0 Å². The summed E-state index contributed by atoms with van der Waals surface area (Å²) in [5, 5.41) is 8.95. The zero-order valence-corrected chi connectivity index (χ0v) is 11.4. The first-order chi connectivity index (χ1) is 8.09. The summed E-state index contributed by atoms with van der Waals surface area (Å²) in [7, 11) is 0. The third-order valence-electron chi connectivity index (χ3n) is 1.92. The molecule has 0 unspecified atom stereocenters. The molecular formula is C10H5Br2N3O2. The molecule has 86 valence electrons. The minimum atomic E-state index is -1.12. The lowest BCUT2D eigenvalue weighted by Crippen LogP contribution is -2.05. The summed E-state index contributed by atoms with van der Waals surface area (Å²) in [5.74, 6) is -0.856. The van der Waals surface area contributed by atoms with E-state index in [4.69, 9.17) is 5.11 Å². The van der Waals surface area contributed by atoms with Gasteiger partial charge in [0.25, 0.3) is 0 Å². The molecule has 0 atom stereocenters. The van der Waals surface area contributed by atoms with Gasteiger partial charge in [0.05, 0.1) is 4.47 Å². The Morgan fingerprint density at radius 2 is 2.00 bits per heavy atom. The highest BCUT2D eigenvalue weighted by Crippen LogP contribution is 2.24. The van der Waals surface area contributed by atoms with E-state index in [1.54, 1.807) is 18.3 Å². The van der Waals surface area contributed by atoms with Crippen molar-refractivity contribution >= 4 is 37.8 Å². The minimum absolute atomic E-state index is 0.0902. The van der Waals surface area contributed by atoms with E-state index >= 15 is 0 Å². The molecule has 17 heavy (non-hydrogen) atoms. The van der Waals surface area contributed by atoms with Crippen molar-refractivity contribution < 1.29 is 9.90 Å².